The quantitative estimate of drug-likeness (QED) is 0.587. The van der Waals surface area contributed by atoms with E-state index in [0.717, 1.165) is 6.07 Å². The molecular weight excluding hydrogens is 395 g/mol. The third kappa shape index (κ3) is 3.74. The average Bonchev–Trinajstić information content (AvgIpc) is 2.66. The second-order valence-corrected chi connectivity index (χ2v) is 8.00. The molecule has 3 aromatic rings. The lowest BCUT2D eigenvalue weighted by atomic mass is 10.0. The normalized spacial score (nSPS) is 16.0. The van der Waals surface area contributed by atoms with Gasteiger partial charge >= 0.3 is 0 Å². The van der Waals surface area contributed by atoms with Gasteiger partial charge in [0.1, 0.15) is 29.7 Å². The molecule has 2 aromatic carbocycles. The van der Waals surface area contributed by atoms with Gasteiger partial charge < -0.3 is 14.8 Å². The second-order valence-electron chi connectivity index (χ2n) is 8.00. The molecule has 0 amide bonds. The standard InChI is InChI=1S/C22H22F3N3O2/c1-11(13-6-5-7-14(19(13)23)20(24)25)26-21-15-8-18-17(29-10-22(3,4)30-18)9-16(15)27-12(2)28-21/h5-9,11,20H,10H2,1-4H3,(H,26,27,28)/t11-/m1/s1. The number of aryl methyl sites for hydroxylation is 1. The monoisotopic (exact) mass is 417 g/mol. The fourth-order valence-electron chi connectivity index (χ4n) is 3.49. The van der Waals surface area contributed by atoms with Gasteiger partial charge in [-0.15, -0.1) is 0 Å². The molecule has 1 aliphatic heterocycles. The zero-order valence-electron chi connectivity index (χ0n) is 17.1. The summed E-state index contributed by atoms with van der Waals surface area (Å²) < 4.78 is 52.6. The first-order chi connectivity index (χ1) is 14.1. The molecule has 1 aromatic heterocycles. The minimum absolute atomic E-state index is 0.135. The smallest absolute Gasteiger partial charge is 0.266 e. The van der Waals surface area contributed by atoms with Crippen LogP contribution < -0.4 is 14.8 Å². The van der Waals surface area contributed by atoms with Crippen LogP contribution in [0.2, 0.25) is 0 Å². The number of hydrogen-bond donors (Lipinski definition) is 1. The van der Waals surface area contributed by atoms with Crippen molar-refractivity contribution < 1.29 is 22.6 Å². The summed E-state index contributed by atoms with van der Waals surface area (Å²) in [5.41, 5.74) is -0.324. The Morgan fingerprint density at radius 2 is 1.83 bits per heavy atom. The van der Waals surface area contributed by atoms with Crippen LogP contribution in [0, 0.1) is 12.7 Å². The van der Waals surface area contributed by atoms with Gasteiger partial charge in [-0.3, -0.25) is 0 Å². The Bertz CT molecular complexity index is 1120. The molecule has 2 heterocycles. The van der Waals surface area contributed by atoms with Crippen LogP contribution in [0.5, 0.6) is 11.5 Å². The highest BCUT2D eigenvalue weighted by atomic mass is 19.3. The van der Waals surface area contributed by atoms with E-state index in [0.29, 0.717) is 40.7 Å². The van der Waals surface area contributed by atoms with E-state index >= 15 is 0 Å². The zero-order valence-corrected chi connectivity index (χ0v) is 17.1. The fourth-order valence-corrected chi connectivity index (χ4v) is 3.49. The summed E-state index contributed by atoms with van der Waals surface area (Å²) in [6.07, 6.45) is -2.88. The molecule has 4 rings (SSSR count). The fraction of sp³-hybridized carbons (Fsp3) is 0.364. The molecule has 0 bridgehead atoms. The summed E-state index contributed by atoms with van der Waals surface area (Å²) in [5, 5.41) is 3.81. The van der Waals surface area contributed by atoms with Crippen molar-refractivity contribution in [1.29, 1.82) is 0 Å². The molecule has 5 nitrogen and oxygen atoms in total. The second kappa shape index (κ2) is 7.34. The zero-order chi connectivity index (χ0) is 21.6. The van der Waals surface area contributed by atoms with Crippen LogP contribution in [0.15, 0.2) is 30.3 Å². The number of ether oxygens (including phenoxy) is 2. The lowest BCUT2D eigenvalue weighted by molar-refractivity contribution is 0.0216. The molecule has 8 heteroatoms. The number of hydrogen-bond acceptors (Lipinski definition) is 5. The van der Waals surface area contributed by atoms with Crippen molar-refractivity contribution in [3.63, 3.8) is 0 Å². The lowest BCUT2D eigenvalue weighted by Crippen LogP contribution is -2.38. The molecule has 0 saturated heterocycles. The number of aromatic nitrogens is 2. The number of halogens is 3. The van der Waals surface area contributed by atoms with Gasteiger partial charge in [0.2, 0.25) is 0 Å². The molecule has 0 aliphatic carbocycles. The topological polar surface area (TPSA) is 56.3 Å². The van der Waals surface area contributed by atoms with Crippen molar-refractivity contribution in [3.8, 4) is 11.5 Å². The first-order valence-electron chi connectivity index (χ1n) is 9.62. The van der Waals surface area contributed by atoms with Gasteiger partial charge in [0.15, 0.2) is 11.5 Å². The van der Waals surface area contributed by atoms with Gasteiger partial charge in [-0.2, -0.15) is 0 Å². The minimum atomic E-state index is -2.88. The van der Waals surface area contributed by atoms with Crippen LogP contribution in [0.3, 0.4) is 0 Å². The largest absolute Gasteiger partial charge is 0.485 e. The highest BCUT2D eigenvalue weighted by Gasteiger charge is 2.29. The summed E-state index contributed by atoms with van der Waals surface area (Å²) in [6.45, 7) is 7.69. The Hall–Kier alpha value is -3.03. The van der Waals surface area contributed by atoms with E-state index < -0.39 is 29.4 Å². The number of nitrogens with one attached hydrogen (secondary N) is 1. The van der Waals surface area contributed by atoms with E-state index in [2.05, 4.69) is 15.3 Å². The number of rotatable bonds is 4. The Morgan fingerprint density at radius 1 is 1.10 bits per heavy atom. The van der Waals surface area contributed by atoms with Gasteiger partial charge in [-0.1, -0.05) is 18.2 Å². The van der Waals surface area contributed by atoms with E-state index in [1.807, 2.05) is 13.8 Å². The van der Waals surface area contributed by atoms with Crippen molar-refractivity contribution in [2.75, 3.05) is 11.9 Å². The molecule has 0 fully saturated rings. The van der Waals surface area contributed by atoms with Gasteiger partial charge in [0.25, 0.3) is 6.43 Å². The van der Waals surface area contributed by atoms with E-state index in [1.165, 1.54) is 12.1 Å². The molecule has 1 N–H and O–H groups in total. The Kier molecular flexibility index (Phi) is 4.95. The highest BCUT2D eigenvalue weighted by molar-refractivity contribution is 5.92. The minimum Gasteiger partial charge on any atom is -0.485 e. The summed E-state index contributed by atoms with van der Waals surface area (Å²) in [6, 6.07) is 6.95. The van der Waals surface area contributed by atoms with Gasteiger partial charge in [-0.25, -0.2) is 23.1 Å². The summed E-state index contributed by atoms with van der Waals surface area (Å²) in [5.74, 6) is 1.21. The lowest BCUT2D eigenvalue weighted by Gasteiger charge is -2.32. The van der Waals surface area contributed by atoms with Crippen LogP contribution in [0.4, 0.5) is 19.0 Å². The van der Waals surface area contributed by atoms with Crippen LogP contribution in [0.1, 0.15) is 50.2 Å². The number of alkyl halides is 2. The molecule has 158 valence electrons. The van der Waals surface area contributed by atoms with Gasteiger partial charge in [0, 0.05) is 17.0 Å². The Morgan fingerprint density at radius 3 is 2.57 bits per heavy atom. The predicted octanol–water partition coefficient (Wildman–Crippen LogP) is 5.74. The van der Waals surface area contributed by atoms with Crippen LogP contribution in [-0.2, 0) is 0 Å². The van der Waals surface area contributed by atoms with Crippen LogP contribution in [0.25, 0.3) is 10.9 Å². The van der Waals surface area contributed by atoms with Crippen molar-refractivity contribution in [2.45, 2.75) is 45.8 Å². The molecule has 0 radical (unpaired) electrons. The van der Waals surface area contributed by atoms with Crippen molar-refractivity contribution in [3.05, 3.63) is 53.1 Å². The average molecular weight is 417 g/mol. The first kappa shape index (κ1) is 20.3. The Balaban J connectivity index is 1.75. The summed E-state index contributed by atoms with van der Waals surface area (Å²) in [7, 11) is 0. The molecule has 1 atom stereocenters. The highest BCUT2D eigenvalue weighted by Crippen LogP contribution is 2.40. The van der Waals surface area contributed by atoms with E-state index in [9.17, 15) is 13.2 Å². The number of benzene rings is 2. The third-order valence-corrected chi connectivity index (χ3v) is 4.95. The first-order valence-corrected chi connectivity index (χ1v) is 9.62. The molecule has 0 unspecified atom stereocenters. The molecular formula is C22H22F3N3O2. The number of nitrogens with zero attached hydrogens (tertiary/aromatic N) is 2. The van der Waals surface area contributed by atoms with Crippen molar-refractivity contribution in [1.82, 2.24) is 9.97 Å². The summed E-state index contributed by atoms with van der Waals surface area (Å²) in [4.78, 5) is 8.91. The molecule has 1 aliphatic rings. The predicted molar refractivity (Wildman–Crippen MR) is 108 cm³/mol. The number of fused-ring (bicyclic) bond motifs is 2. The maximum atomic E-state index is 14.6. The maximum absolute atomic E-state index is 14.6. The van der Waals surface area contributed by atoms with E-state index in [4.69, 9.17) is 9.47 Å². The van der Waals surface area contributed by atoms with Crippen LogP contribution in [-0.4, -0.2) is 22.2 Å². The molecule has 30 heavy (non-hydrogen) atoms. The van der Waals surface area contributed by atoms with Gasteiger partial charge in [-0.05, 0) is 33.8 Å². The third-order valence-electron chi connectivity index (χ3n) is 4.95. The Labute approximate surface area is 172 Å². The van der Waals surface area contributed by atoms with Crippen molar-refractivity contribution >= 4 is 16.7 Å². The maximum Gasteiger partial charge on any atom is 0.266 e. The van der Waals surface area contributed by atoms with Crippen LogP contribution >= 0.6 is 0 Å². The van der Waals surface area contributed by atoms with E-state index in [-0.39, 0.29) is 5.56 Å². The molecule has 0 spiro atoms. The van der Waals surface area contributed by atoms with Crippen molar-refractivity contribution in [2.24, 2.45) is 0 Å². The molecule has 0 saturated carbocycles. The SMILES string of the molecule is Cc1nc(N[C@H](C)c2cccc(C(F)F)c2F)c2cc3c(cc2n1)OCC(C)(C)O3. The number of anilines is 1. The summed E-state index contributed by atoms with van der Waals surface area (Å²) >= 11 is 0. The van der Waals surface area contributed by atoms with E-state index in [1.54, 1.807) is 26.0 Å². The van der Waals surface area contributed by atoms with Gasteiger partial charge in [0.05, 0.1) is 17.1 Å².